The minimum atomic E-state index is 0.163. The Morgan fingerprint density at radius 1 is 1.12 bits per heavy atom. The second-order valence-electron chi connectivity index (χ2n) is 5.85. The zero-order valence-electron chi connectivity index (χ0n) is 15.3. The van der Waals surface area contributed by atoms with Crippen molar-refractivity contribution in [3.63, 3.8) is 0 Å². The molecule has 1 N–H and O–H groups in total. The average molecular weight is 408 g/mol. The van der Waals surface area contributed by atoms with Gasteiger partial charge in [0, 0.05) is 12.6 Å². The lowest BCUT2D eigenvalue weighted by Gasteiger charge is -2.21. The fraction of sp³-hybridized carbons (Fsp3) is 0.400. The normalized spacial score (nSPS) is 12.0. The van der Waals surface area contributed by atoms with Crippen LogP contribution in [0, 0.1) is 6.92 Å². The van der Waals surface area contributed by atoms with Gasteiger partial charge in [0.1, 0.15) is 16.0 Å². The molecule has 0 radical (unpaired) electrons. The van der Waals surface area contributed by atoms with Crippen LogP contribution in [0.15, 0.2) is 40.9 Å². The summed E-state index contributed by atoms with van der Waals surface area (Å²) in [4.78, 5) is 0. The van der Waals surface area contributed by atoms with Crippen LogP contribution in [-0.4, -0.2) is 27.4 Å². The molecule has 0 spiro atoms. The summed E-state index contributed by atoms with van der Waals surface area (Å²) in [6, 6.07) is 12.4. The Bertz CT molecular complexity index is 676. The van der Waals surface area contributed by atoms with Gasteiger partial charge in [0.2, 0.25) is 0 Å². The Kier molecular flexibility index (Phi) is 7.75. The van der Waals surface area contributed by atoms with Crippen molar-refractivity contribution in [2.75, 3.05) is 27.4 Å². The number of nitrogens with one attached hydrogen (secondary N) is 1. The minimum Gasteiger partial charge on any atom is -0.495 e. The third kappa shape index (κ3) is 5.21. The van der Waals surface area contributed by atoms with Crippen molar-refractivity contribution < 1.29 is 14.2 Å². The summed E-state index contributed by atoms with van der Waals surface area (Å²) in [5, 5.41) is 3.50. The Morgan fingerprint density at radius 3 is 2.48 bits per heavy atom. The van der Waals surface area contributed by atoms with Gasteiger partial charge in [0.25, 0.3) is 0 Å². The van der Waals surface area contributed by atoms with Gasteiger partial charge < -0.3 is 19.5 Å². The molecule has 0 aliphatic heterocycles. The first-order chi connectivity index (χ1) is 12.1. The van der Waals surface area contributed by atoms with Crippen molar-refractivity contribution in [3.05, 3.63) is 57.6 Å². The summed E-state index contributed by atoms with van der Waals surface area (Å²) < 4.78 is 17.5. The van der Waals surface area contributed by atoms with Gasteiger partial charge in [-0.1, -0.05) is 30.3 Å². The highest BCUT2D eigenvalue weighted by Gasteiger charge is 2.18. The lowest BCUT2D eigenvalue weighted by atomic mass is 10.0. The molecule has 136 valence electrons. The maximum Gasteiger partial charge on any atom is 0.140 e. The van der Waals surface area contributed by atoms with Gasteiger partial charge in [0.05, 0.1) is 27.4 Å². The summed E-state index contributed by atoms with van der Waals surface area (Å²) in [7, 11) is 3.33. The first kappa shape index (κ1) is 19.8. The van der Waals surface area contributed by atoms with E-state index in [-0.39, 0.29) is 6.04 Å². The lowest BCUT2D eigenvalue weighted by Crippen LogP contribution is -2.24. The molecule has 0 heterocycles. The fourth-order valence-electron chi connectivity index (χ4n) is 2.78. The monoisotopic (exact) mass is 407 g/mol. The molecular formula is C20H26BrNO3. The highest BCUT2D eigenvalue weighted by Crippen LogP contribution is 2.40. The molecule has 0 saturated heterocycles. The van der Waals surface area contributed by atoms with Crippen molar-refractivity contribution in [1.29, 1.82) is 0 Å². The van der Waals surface area contributed by atoms with Crippen molar-refractivity contribution >= 4 is 15.9 Å². The van der Waals surface area contributed by atoms with E-state index >= 15 is 0 Å². The Morgan fingerprint density at radius 2 is 1.84 bits per heavy atom. The number of halogens is 1. The van der Waals surface area contributed by atoms with Gasteiger partial charge >= 0.3 is 0 Å². The van der Waals surface area contributed by atoms with Crippen LogP contribution in [0.3, 0.4) is 0 Å². The molecule has 0 aliphatic carbocycles. The molecule has 0 amide bonds. The van der Waals surface area contributed by atoms with Gasteiger partial charge in [-0.05, 0) is 52.5 Å². The van der Waals surface area contributed by atoms with Gasteiger partial charge in [0.15, 0.2) is 0 Å². The smallest absolute Gasteiger partial charge is 0.140 e. The second kappa shape index (κ2) is 9.80. The van der Waals surface area contributed by atoms with Crippen molar-refractivity contribution in [2.45, 2.75) is 26.5 Å². The van der Waals surface area contributed by atoms with E-state index in [0.29, 0.717) is 13.2 Å². The topological polar surface area (TPSA) is 39.7 Å². The fourth-order valence-corrected chi connectivity index (χ4v) is 3.52. The Hall–Kier alpha value is -1.56. The maximum absolute atomic E-state index is 5.73. The molecule has 0 aromatic heterocycles. The van der Waals surface area contributed by atoms with Crippen LogP contribution in [-0.2, 0) is 11.3 Å². The molecular weight excluding hydrogens is 382 g/mol. The van der Waals surface area contributed by atoms with E-state index in [9.17, 15) is 0 Å². The standard InChI is InChI=1S/C20H26BrNO3/c1-14-17(12-18(23-3)19(21)20(14)24-4)15(2)22-10-11-25-13-16-8-6-5-7-9-16/h5-9,12,15,22H,10-11,13H2,1-4H3. The van der Waals surface area contributed by atoms with Crippen LogP contribution in [0.25, 0.3) is 0 Å². The summed E-state index contributed by atoms with van der Waals surface area (Å²) in [6.45, 7) is 6.25. The molecule has 0 bridgehead atoms. The van der Waals surface area contributed by atoms with Gasteiger partial charge in [-0.15, -0.1) is 0 Å². The summed E-state index contributed by atoms with van der Waals surface area (Å²) in [5.74, 6) is 1.58. The highest BCUT2D eigenvalue weighted by molar-refractivity contribution is 9.10. The molecule has 1 unspecified atom stereocenters. The highest BCUT2D eigenvalue weighted by atomic mass is 79.9. The molecule has 2 aromatic rings. The number of benzene rings is 2. The predicted molar refractivity (Wildman–Crippen MR) is 104 cm³/mol. The first-order valence-electron chi connectivity index (χ1n) is 8.34. The molecule has 4 nitrogen and oxygen atoms in total. The van der Waals surface area contributed by atoms with E-state index < -0.39 is 0 Å². The van der Waals surface area contributed by atoms with Crippen LogP contribution >= 0.6 is 15.9 Å². The van der Waals surface area contributed by atoms with Crippen molar-refractivity contribution in [2.24, 2.45) is 0 Å². The van der Waals surface area contributed by atoms with E-state index in [2.05, 4.69) is 47.2 Å². The third-order valence-corrected chi connectivity index (χ3v) is 4.93. The molecule has 0 fully saturated rings. The van der Waals surface area contributed by atoms with Crippen LogP contribution in [0.1, 0.15) is 29.7 Å². The predicted octanol–water partition coefficient (Wildman–Crippen LogP) is 4.64. The number of rotatable bonds is 9. The largest absolute Gasteiger partial charge is 0.495 e. The Labute approximate surface area is 158 Å². The van der Waals surface area contributed by atoms with E-state index in [4.69, 9.17) is 14.2 Å². The van der Waals surface area contributed by atoms with Gasteiger partial charge in [-0.3, -0.25) is 0 Å². The zero-order valence-corrected chi connectivity index (χ0v) is 16.9. The first-order valence-corrected chi connectivity index (χ1v) is 9.13. The van der Waals surface area contributed by atoms with E-state index in [1.807, 2.05) is 24.3 Å². The molecule has 5 heteroatoms. The number of methoxy groups -OCH3 is 2. The molecule has 25 heavy (non-hydrogen) atoms. The number of ether oxygens (including phenoxy) is 3. The average Bonchev–Trinajstić information content (AvgIpc) is 2.63. The van der Waals surface area contributed by atoms with Crippen LogP contribution < -0.4 is 14.8 Å². The van der Waals surface area contributed by atoms with Crippen molar-refractivity contribution in [1.82, 2.24) is 5.32 Å². The molecule has 2 aromatic carbocycles. The van der Waals surface area contributed by atoms with E-state index in [1.165, 1.54) is 5.56 Å². The Balaban J connectivity index is 1.91. The molecule has 0 aliphatic rings. The van der Waals surface area contributed by atoms with Crippen molar-refractivity contribution in [3.8, 4) is 11.5 Å². The minimum absolute atomic E-state index is 0.163. The maximum atomic E-state index is 5.73. The SMILES string of the molecule is COc1cc(C(C)NCCOCc2ccccc2)c(C)c(OC)c1Br. The van der Waals surface area contributed by atoms with E-state index in [0.717, 1.165) is 33.6 Å². The van der Waals surface area contributed by atoms with E-state index in [1.54, 1.807) is 14.2 Å². The second-order valence-corrected chi connectivity index (χ2v) is 6.65. The molecule has 2 rings (SSSR count). The quantitative estimate of drug-likeness (QED) is 0.614. The van der Waals surface area contributed by atoms with Crippen LogP contribution in [0.5, 0.6) is 11.5 Å². The summed E-state index contributed by atoms with van der Waals surface area (Å²) in [5.41, 5.74) is 3.44. The number of hydrogen-bond acceptors (Lipinski definition) is 4. The lowest BCUT2D eigenvalue weighted by molar-refractivity contribution is 0.121. The number of hydrogen-bond donors (Lipinski definition) is 1. The van der Waals surface area contributed by atoms with Gasteiger partial charge in [-0.2, -0.15) is 0 Å². The van der Waals surface area contributed by atoms with Crippen LogP contribution in [0.2, 0.25) is 0 Å². The summed E-state index contributed by atoms with van der Waals surface area (Å²) >= 11 is 3.54. The van der Waals surface area contributed by atoms with Crippen LogP contribution in [0.4, 0.5) is 0 Å². The summed E-state index contributed by atoms with van der Waals surface area (Å²) in [6.07, 6.45) is 0. The molecule has 1 atom stereocenters. The third-order valence-electron chi connectivity index (χ3n) is 4.17. The molecule has 0 saturated carbocycles. The zero-order chi connectivity index (χ0) is 18.2. The van der Waals surface area contributed by atoms with Gasteiger partial charge in [-0.25, -0.2) is 0 Å².